The zero-order chi connectivity index (χ0) is 20.1. The first-order chi connectivity index (χ1) is 13.5. The highest BCUT2D eigenvalue weighted by Gasteiger charge is 2.28. The molecule has 0 amide bonds. The van der Waals surface area contributed by atoms with Gasteiger partial charge in [-0.1, -0.05) is 49.1 Å². The summed E-state index contributed by atoms with van der Waals surface area (Å²) in [5.74, 6) is 0. The number of nitrogens with zero attached hydrogens (tertiary/aromatic N) is 2. The lowest BCUT2D eigenvalue weighted by molar-refractivity contribution is 0.216. The molecule has 1 aliphatic rings. The van der Waals surface area contributed by atoms with Crippen molar-refractivity contribution in [3.63, 3.8) is 0 Å². The SMILES string of the molecule is CCCNC(=S)c1ccc2c(c1)N(C(C)CN(C)CCO)c1ccccc1S2. The maximum absolute atomic E-state index is 9.26. The van der Waals surface area contributed by atoms with Crippen LogP contribution >= 0.6 is 24.0 Å². The lowest BCUT2D eigenvalue weighted by atomic mass is 10.1. The van der Waals surface area contributed by atoms with Crippen LogP contribution < -0.4 is 10.2 Å². The number of para-hydroxylation sites is 1. The van der Waals surface area contributed by atoms with E-state index in [1.54, 1.807) is 0 Å². The second-order valence-corrected chi connectivity index (χ2v) is 8.71. The van der Waals surface area contributed by atoms with Crippen molar-refractivity contribution < 1.29 is 5.11 Å². The van der Waals surface area contributed by atoms with E-state index in [-0.39, 0.29) is 12.6 Å². The van der Waals surface area contributed by atoms with Gasteiger partial charge in [0.2, 0.25) is 0 Å². The second kappa shape index (κ2) is 9.74. The molecule has 2 aromatic carbocycles. The molecule has 0 aromatic heterocycles. The topological polar surface area (TPSA) is 38.7 Å². The summed E-state index contributed by atoms with van der Waals surface area (Å²) >= 11 is 7.42. The van der Waals surface area contributed by atoms with E-state index in [1.807, 2.05) is 11.8 Å². The zero-order valence-corrected chi connectivity index (χ0v) is 18.4. The van der Waals surface area contributed by atoms with Crippen molar-refractivity contribution in [3.8, 4) is 0 Å². The van der Waals surface area contributed by atoms with Gasteiger partial charge in [-0.3, -0.25) is 0 Å². The third kappa shape index (κ3) is 4.69. The van der Waals surface area contributed by atoms with E-state index in [4.69, 9.17) is 12.2 Å². The summed E-state index contributed by atoms with van der Waals surface area (Å²) in [4.78, 5) is 7.91. The Balaban J connectivity index is 1.97. The van der Waals surface area contributed by atoms with Crippen molar-refractivity contribution in [2.75, 3.05) is 38.2 Å². The van der Waals surface area contributed by atoms with Crippen molar-refractivity contribution >= 4 is 40.3 Å². The van der Waals surface area contributed by atoms with Crippen LogP contribution in [0.2, 0.25) is 0 Å². The van der Waals surface area contributed by atoms with Crippen molar-refractivity contribution in [3.05, 3.63) is 48.0 Å². The quantitative estimate of drug-likeness (QED) is 0.627. The third-order valence-electron chi connectivity index (χ3n) is 4.86. The Morgan fingerprint density at radius 2 is 1.96 bits per heavy atom. The van der Waals surface area contributed by atoms with Gasteiger partial charge < -0.3 is 20.2 Å². The molecule has 2 aromatic rings. The Labute approximate surface area is 177 Å². The van der Waals surface area contributed by atoms with Gasteiger partial charge in [0.1, 0.15) is 4.99 Å². The summed E-state index contributed by atoms with van der Waals surface area (Å²) in [6.07, 6.45) is 1.05. The fourth-order valence-electron chi connectivity index (χ4n) is 3.53. The fourth-order valence-corrected chi connectivity index (χ4v) is 4.82. The molecule has 0 spiro atoms. The monoisotopic (exact) mass is 415 g/mol. The Bertz CT molecular complexity index is 827. The minimum atomic E-state index is 0.174. The Kier molecular flexibility index (Phi) is 7.35. The molecule has 1 heterocycles. The smallest absolute Gasteiger partial charge is 0.106 e. The van der Waals surface area contributed by atoms with Gasteiger partial charge in [0.05, 0.1) is 18.0 Å². The average molecular weight is 416 g/mol. The molecule has 1 unspecified atom stereocenters. The van der Waals surface area contributed by atoms with Crippen LogP contribution in [-0.2, 0) is 0 Å². The van der Waals surface area contributed by atoms with Crippen LogP contribution in [0.3, 0.4) is 0 Å². The van der Waals surface area contributed by atoms with Crippen LogP contribution in [0.15, 0.2) is 52.3 Å². The first kappa shape index (κ1) is 21.1. The van der Waals surface area contributed by atoms with E-state index in [2.05, 4.69) is 78.5 Å². The Hall–Kier alpha value is -1.60. The Morgan fingerprint density at radius 3 is 2.71 bits per heavy atom. The van der Waals surface area contributed by atoms with Crippen LogP contribution in [0, 0.1) is 0 Å². The molecule has 0 radical (unpaired) electrons. The summed E-state index contributed by atoms with van der Waals surface area (Å²) in [5.41, 5.74) is 3.49. The molecule has 1 aliphatic heterocycles. The summed E-state index contributed by atoms with van der Waals surface area (Å²) in [5, 5.41) is 12.6. The molecule has 2 N–H and O–H groups in total. The van der Waals surface area contributed by atoms with Gasteiger partial charge in [-0.05, 0) is 44.7 Å². The van der Waals surface area contributed by atoms with E-state index < -0.39 is 0 Å². The van der Waals surface area contributed by atoms with Crippen LogP contribution in [0.5, 0.6) is 0 Å². The van der Waals surface area contributed by atoms with E-state index in [1.165, 1.54) is 21.2 Å². The van der Waals surface area contributed by atoms with Crippen LogP contribution in [-0.4, -0.2) is 54.3 Å². The number of benzene rings is 2. The highest BCUT2D eigenvalue weighted by molar-refractivity contribution is 7.99. The summed E-state index contributed by atoms with van der Waals surface area (Å²) in [6, 6.07) is 15.3. The van der Waals surface area contributed by atoms with Gasteiger partial charge in [0.15, 0.2) is 0 Å². The molecular weight excluding hydrogens is 386 g/mol. The van der Waals surface area contributed by atoms with E-state index in [0.29, 0.717) is 6.54 Å². The number of aliphatic hydroxyl groups excluding tert-OH is 1. The molecule has 1 atom stereocenters. The van der Waals surface area contributed by atoms with Gasteiger partial charge in [0.25, 0.3) is 0 Å². The van der Waals surface area contributed by atoms with Gasteiger partial charge in [-0.2, -0.15) is 0 Å². The fraction of sp³-hybridized carbons (Fsp3) is 0.409. The van der Waals surface area contributed by atoms with Crippen LogP contribution in [0.4, 0.5) is 11.4 Å². The number of likely N-dealkylation sites (N-methyl/N-ethyl adjacent to an activating group) is 1. The van der Waals surface area contributed by atoms with Gasteiger partial charge in [-0.25, -0.2) is 0 Å². The number of anilines is 2. The first-order valence-corrected chi connectivity index (χ1v) is 11.1. The molecule has 0 bridgehead atoms. The number of hydrogen-bond donors (Lipinski definition) is 2. The number of thiocarbonyl (C=S) groups is 1. The van der Waals surface area contributed by atoms with Gasteiger partial charge in [-0.15, -0.1) is 0 Å². The summed E-state index contributed by atoms with van der Waals surface area (Å²) in [6.45, 7) is 6.98. The van der Waals surface area contributed by atoms with Crippen LogP contribution in [0.25, 0.3) is 0 Å². The maximum Gasteiger partial charge on any atom is 0.106 e. The lowest BCUT2D eigenvalue weighted by Gasteiger charge is -2.39. The third-order valence-corrected chi connectivity index (χ3v) is 6.37. The minimum Gasteiger partial charge on any atom is -0.395 e. The summed E-state index contributed by atoms with van der Waals surface area (Å²) in [7, 11) is 2.05. The highest BCUT2D eigenvalue weighted by Crippen LogP contribution is 2.49. The molecule has 4 nitrogen and oxygen atoms in total. The first-order valence-electron chi connectivity index (χ1n) is 9.83. The van der Waals surface area contributed by atoms with Crippen molar-refractivity contribution in [2.45, 2.75) is 36.1 Å². The van der Waals surface area contributed by atoms with E-state index >= 15 is 0 Å². The van der Waals surface area contributed by atoms with Gasteiger partial charge in [0, 0.05) is 41.0 Å². The molecular formula is C22H29N3OS2. The van der Waals surface area contributed by atoms with E-state index in [9.17, 15) is 5.11 Å². The predicted octanol–water partition coefficient (Wildman–Crippen LogP) is 4.28. The maximum atomic E-state index is 9.26. The summed E-state index contributed by atoms with van der Waals surface area (Å²) < 4.78 is 0. The molecule has 0 saturated carbocycles. The number of rotatable bonds is 8. The molecule has 150 valence electrons. The number of hydrogen-bond acceptors (Lipinski definition) is 5. The molecule has 28 heavy (non-hydrogen) atoms. The lowest BCUT2D eigenvalue weighted by Crippen LogP contribution is -2.40. The number of fused-ring (bicyclic) bond motifs is 2. The molecule has 0 fully saturated rings. The second-order valence-electron chi connectivity index (χ2n) is 7.21. The van der Waals surface area contributed by atoms with Crippen LogP contribution in [0.1, 0.15) is 25.8 Å². The molecule has 3 rings (SSSR count). The largest absolute Gasteiger partial charge is 0.395 e. The molecule has 0 aliphatic carbocycles. The van der Waals surface area contributed by atoms with Crippen molar-refractivity contribution in [2.24, 2.45) is 0 Å². The normalized spacial score (nSPS) is 13.8. The van der Waals surface area contributed by atoms with Crippen molar-refractivity contribution in [1.82, 2.24) is 10.2 Å². The van der Waals surface area contributed by atoms with Gasteiger partial charge >= 0.3 is 0 Å². The predicted molar refractivity (Wildman–Crippen MR) is 123 cm³/mol. The molecule has 6 heteroatoms. The number of aliphatic hydroxyl groups is 1. The zero-order valence-electron chi connectivity index (χ0n) is 16.8. The molecule has 0 saturated heterocycles. The number of nitrogens with one attached hydrogen (secondary N) is 1. The standard InChI is InChI=1S/C22H29N3OS2/c1-4-11-23-22(27)17-9-10-21-19(14-17)25(16(2)15-24(3)12-13-26)18-7-5-6-8-20(18)28-21/h5-10,14,16,26H,4,11-13,15H2,1-3H3,(H,23,27). The highest BCUT2D eigenvalue weighted by atomic mass is 32.2. The average Bonchev–Trinajstić information content (AvgIpc) is 2.69. The Morgan fingerprint density at radius 1 is 1.21 bits per heavy atom. The van der Waals surface area contributed by atoms with E-state index in [0.717, 1.165) is 30.1 Å². The minimum absolute atomic E-state index is 0.174. The van der Waals surface area contributed by atoms with Crippen molar-refractivity contribution in [1.29, 1.82) is 0 Å².